The monoisotopic (exact) mass is 312 g/mol. The maximum Gasteiger partial charge on any atom is 0.406 e. The van der Waals surface area contributed by atoms with Crippen molar-refractivity contribution in [2.45, 2.75) is 57.8 Å². The molecule has 0 aliphatic rings. The van der Waals surface area contributed by atoms with Crippen molar-refractivity contribution in [2.75, 3.05) is 0 Å². The molecule has 0 nitrogen and oxygen atoms in total. The van der Waals surface area contributed by atoms with E-state index >= 15 is 0 Å². The van der Waals surface area contributed by atoms with Crippen LogP contribution in [0.5, 0.6) is 0 Å². The maximum atomic E-state index is 13.1. The Labute approximate surface area is 120 Å². The van der Waals surface area contributed by atoms with Crippen LogP contribution in [0.4, 0.5) is 26.3 Å². The first kappa shape index (κ1) is 17.9. The number of benzene rings is 1. The highest BCUT2D eigenvalue weighted by molar-refractivity contribution is 5.40. The Morgan fingerprint density at radius 2 is 1.19 bits per heavy atom. The van der Waals surface area contributed by atoms with Gasteiger partial charge in [0.2, 0.25) is 0 Å². The minimum atomic E-state index is -5.42. The van der Waals surface area contributed by atoms with E-state index in [1.807, 2.05) is 0 Å². The maximum absolute atomic E-state index is 13.1. The summed E-state index contributed by atoms with van der Waals surface area (Å²) in [6.07, 6.45) is -10.8. The molecule has 0 amide bonds. The Bertz CT molecular complexity index is 502. The van der Waals surface area contributed by atoms with Gasteiger partial charge in [0.25, 0.3) is 0 Å². The largest absolute Gasteiger partial charge is 0.406 e. The van der Waals surface area contributed by atoms with Crippen molar-refractivity contribution in [2.24, 2.45) is 0 Å². The predicted octanol–water partition coefficient (Wildman–Crippen LogP) is 5.67. The molecule has 1 aromatic rings. The highest BCUT2D eigenvalue weighted by Crippen LogP contribution is 2.52. The SMILES string of the molecule is Cc1ccc(C(C)(C(F)(F)F)C(F)(F)F)cc1C(C)(C)C. The van der Waals surface area contributed by atoms with Crippen LogP contribution in [0.25, 0.3) is 0 Å². The summed E-state index contributed by atoms with van der Waals surface area (Å²) in [6.45, 7) is 7.10. The lowest BCUT2D eigenvalue weighted by Gasteiger charge is -2.35. The van der Waals surface area contributed by atoms with Gasteiger partial charge in [0.05, 0.1) is 0 Å². The smallest absolute Gasteiger partial charge is 0.170 e. The molecule has 0 saturated heterocycles. The minimum Gasteiger partial charge on any atom is -0.170 e. The van der Waals surface area contributed by atoms with Gasteiger partial charge in [-0.25, -0.2) is 0 Å². The molecule has 0 radical (unpaired) electrons. The van der Waals surface area contributed by atoms with Gasteiger partial charge in [-0.2, -0.15) is 26.3 Å². The van der Waals surface area contributed by atoms with Crippen LogP contribution in [0.2, 0.25) is 0 Å². The number of alkyl halides is 6. The van der Waals surface area contributed by atoms with Gasteiger partial charge in [-0.1, -0.05) is 39.0 Å². The zero-order valence-electron chi connectivity index (χ0n) is 12.5. The Balaban J connectivity index is 3.64. The standard InChI is InChI=1S/C15H18F6/c1-9-6-7-10(8-11(9)12(2,3)4)13(5,14(16,17)18)15(19,20)21/h6-8H,1-5H3. The fourth-order valence-corrected chi connectivity index (χ4v) is 2.23. The predicted molar refractivity (Wildman–Crippen MR) is 69.3 cm³/mol. The molecule has 0 aliphatic carbocycles. The van der Waals surface area contributed by atoms with E-state index in [-0.39, 0.29) is 6.92 Å². The average Bonchev–Trinajstić information content (AvgIpc) is 2.23. The fourth-order valence-electron chi connectivity index (χ4n) is 2.23. The van der Waals surface area contributed by atoms with Gasteiger partial charge in [-0.05, 0) is 36.0 Å². The van der Waals surface area contributed by atoms with Crippen molar-refractivity contribution in [3.05, 3.63) is 34.9 Å². The minimum absolute atomic E-state index is 0.185. The lowest BCUT2D eigenvalue weighted by Crippen LogP contribution is -2.51. The Morgan fingerprint density at radius 3 is 1.52 bits per heavy atom. The van der Waals surface area contributed by atoms with Gasteiger partial charge >= 0.3 is 12.4 Å². The Morgan fingerprint density at radius 1 is 0.762 bits per heavy atom. The van der Waals surface area contributed by atoms with Crippen molar-refractivity contribution < 1.29 is 26.3 Å². The molecule has 0 fully saturated rings. The molecule has 0 atom stereocenters. The van der Waals surface area contributed by atoms with Crippen molar-refractivity contribution in [3.8, 4) is 0 Å². The molecular weight excluding hydrogens is 294 g/mol. The fraction of sp³-hybridized carbons (Fsp3) is 0.600. The van der Waals surface area contributed by atoms with Crippen LogP contribution in [-0.2, 0) is 10.8 Å². The van der Waals surface area contributed by atoms with Crippen molar-refractivity contribution in [1.29, 1.82) is 0 Å². The molecule has 6 heteroatoms. The van der Waals surface area contributed by atoms with E-state index in [4.69, 9.17) is 0 Å². The second-order valence-electron chi connectivity index (χ2n) is 6.40. The lowest BCUT2D eigenvalue weighted by atomic mass is 9.76. The average molecular weight is 312 g/mol. The molecule has 0 saturated carbocycles. The van der Waals surface area contributed by atoms with E-state index in [2.05, 4.69) is 0 Å². The number of hydrogen-bond donors (Lipinski definition) is 0. The molecule has 21 heavy (non-hydrogen) atoms. The van der Waals surface area contributed by atoms with E-state index in [1.54, 1.807) is 27.7 Å². The molecule has 0 heterocycles. The molecule has 0 bridgehead atoms. The zero-order chi connectivity index (χ0) is 16.9. The van der Waals surface area contributed by atoms with E-state index in [0.717, 1.165) is 12.1 Å². The molecule has 0 unspecified atom stereocenters. The third-order valence-electron chi connectivity index (χ3n) is 3.76. The van der Waals surface area contributed by atoms with Crippen LogP contribution in [-0.4, -0.2) is 12.4 Å². The highest BCUT2D eigenvalue weighted by atomic mass is 19.4. The number of halogens is 6. The molecule has 1 aromatic carbocycles. The van der Waals surface area contributed by atoms with Gasteiger partial charge < -0.3 is 0 Å². The van der Waals surface area contributed by atoms with Crippen LogP contribution in [0.1, 0.15) is 44.4 Å². The number of rotatable bonds is 1. The van der Waals surface area contributed by atoms with Crippen LogP contribution in [0, 0.1) is 6.92 Å². The lowest BCUT2D eigenvalue weighted by molar-refractivity contribution is -0.297. The van der Waals surface area contributed by atoms with E-state index < -0.39 is 28.7 Å². The van der Waals surface area contributed by atoms with Crippen LogP contribution >= 0.6 is 0 Å². The zero-order valence-corrected chi connectivity index (χ0v) is 12.5. The van der Waals surface area contributed by atoms with Gasteiger partial charge in [0, 0.05) is 0 Å². The van der Waals surface area contributed by atoms with Crippen molar-refractivity contribution in [1.82, 2.24) is 0 Å². The summed E-state index contributed by atoms with van der Waals surface area (Å²) in [5.74, 6) is 0. The van der Waals surface area contributed by atoms with Crippen molar-refractivity contribution >= 4 is 0 Å². The highest BCUT2D eigenvalue weighted by Gasteiger charge is 2.68. The molecule has 0 N–H and O–H groups in total. The van der Waals surface area contributed by atoms with Crippen LogP contribution in [0.3, 0.4) is 0 Å². The van der Waals surface area contributed by atoms with E-state index in [1.165, 1.54) is 6.07 Å². The Hall–Kier alpha value is -1.20. The van der Waals surface area contributed by atoms with Gasteiger partial charge in [0.1, 0.15) is 0 Å². The van der Waals surface area contributed by atoms with E-state index in [9.17, 15) is 26.3 Å². The first-order valence-electron chi connectivity index (χ1n) is 6.37. The summed E-state index contributed by atoms with van der Waals surface area (Å²) in [5.41, 5.74) is -4.07. The molecule has 0 spiro atoms. The van der Waals surface area contributed by atoms with Gasteiger partial charge in [-0.3, -0.25) is 0 Å². The number of hydrogen-bond acceptors (Lipinski definition) is 0. The second kappa shape index (κ2) is 4.92. The normalized spacial score (nSPS) is 14.4. The van der Waals surface area contributed by atoms with Crippen molar-refractivity contribution in [3.63, 3.8) is 0 Å². The van der Waals surface area contributed by atoms with E-state index in [0.29, 0.717) is 11.1 Å². The first-order chi connectivity index (χ1) is 9.12. The summed E-state index contributed by atoms with van der Waals surface area (Å²) < 4.78 is 78.6. The Kier molecular flexibility index (Phi) is 4.18. The summed E-state index contributed by atoms with van der Waals surface area (Å²) in [6, 6.07) is 3.24. The molecular formula is C15H18F6. The third-order valence-corrected chi connectivity index (χ3v) is 3.76. The summed E-state index contributed by atoms with van der Waals surface area (Å²) in [7, 11) is 0. The third kappa shape index (κ3) is 3.04. The van der Waals surface area contributed by atoms with Crippen LogP contribution in [0.15, 0.2) is 18.2 Å². The summed E-state index contributed by atoms with van der Waals surface area (Å²) in [5, 5.41) is 0. The molecule has 1 rings (SSSR count). The summed E-state index contributed by atoms with van der Waals surface area (Å²) >= 11 is 0. The first-order valence-corrected chi connectivity index (χ1v) is 6.37. The topological polar surface area (TPSA) is 0 Å². The van der Waals surface area contributed by atoms with Crippen LogP contribution < -0.4 is 0 Å². The quantitative estimate of drug-likeness (QED) is 0.586. The van der Waals surface area contributed by atoms with Gasteiger partial charge in [0.15, 0.2) is 5.41 Å². The molecule has 0 aromatic heterocycles. The number of aryl methyl sites for hydroxylation is 1. The molecule has 120 valence electrons. The second-order valence-corrected chi connectivity index (χ2v) is 6.40. The van der Waals surface area contributed by atoms with Gasteiger partial charge in [-0.15, -0.1) is 0 Å². The molecule has 0 aliphatic heterocycles. The summed E-state index contributed by atoms with van der Waals surface area (Å²) in [4.78, 5) is 0.